The normalized spacial score (nSPS) is 11.6. The van der Waals surface area contributed by atoms with E-state index in [9.17, 15) is 19.5 Å². The number of aliphatic hydroxyl groups is 1. The van der Waals surface area contributed by atoms with Gasteiger partial charge in [0.15, 0.2) is 17.5 Å². The summed E-state index contributed by atoms with van der Waals surface area (Å²) in [5.41, 5.74) is 9.84. The zero-order valence-electron chi connectivity index (χ0n) is 44.0. The zero-order valence-corrected chi connectivity index (χ0v) is 44.0. The predicted octanol–water partition coefficient (Wildman–Crippen LogP) is 9.68. The molecule has 78 heavy (non-hydrogen) atoms. The van der Waals surface area contributed by atoms with Gasteiger partial charge in [-0.15, -0.1) is 0 Å². The van der Waals surface area contributed by atoms with E-state index >= 15 is 0 Å². The number of hydrogen-bond donors (Lipinski definition) is 10. The van der Waals surface area contributed by atoms with Crippen molar-refractivity contribution in [2.24, 2.45) is 0 Å². The summed E-state index contributed by atoms with van der Waals surface area (Å²) in [5, 5.41) is 47.3. The van der Waals surface area contributed by atoms with Crippen LogP contribution in [0.3, 0.4) is 0 Å². The zero-order chi connectivity index (χ0) is 55.4. The van der Waals surface area contributed by atoms with E-state index in [-0.39, 0.29) is 30.8 Å². The Morgan fingerprint density at radius 1 is 0.526 bits per heavy atom. The molecule has 0 aliphatic rings. The van der Waals surface area contributed by atoms with Crippen molar-refractivity contribution in [3.8, 4) is 51.0 Å². The molecule has 10 N–H and O–H groups in total. The number of aryl methyl sites for hydroxylation is 2. The van der Waals surface area contributed by atoms with Gasteiger partial charge in [-0.25, -0.2) is 14.4 Å². The first-order valence-electron chi connectivity index (χ1n) is 24.5. The average molecular weight is 1060 g/mol. The van der Waals surface area contributed by atoms with Gasteiger partial charge in [0.05, 0.1) is 63.1 Å². The van der Waals surface area contributed by atoms with Crippen LogP contribution in [-0.2, 0) is 0 Å². The van der Waals surface area contributed by atoms with E-state index in [0.717, 1.165) is 73.2 Å². The molecule has 6 aromatic heterocycles. The number of hydrogen-bond acceptors (Lipinski definition) is 13. The van der Waals surface area contributed by atoms with Crippen LogP contribution in [0.25, 0.3) is 33.8 Å². The van der Waals surface area contributed by atoms with E-state index < -0.39 is 12.1 Å². The minimum absolute atomic E-state index is 0.175. The van der Waals surface area contributed by atoms with Gasteiger partial charge in [-0.05, 0) is 117 Å². The predicted molar refractivity (Wildman–Crippen MR) is 297 cm³/mol. The molecule has 22 heteroatoms. The lowest BCUT2D eigenvalue weighted by Gasteiger charge is -2.17. The van der Waals surface area contributed by atoms with Crippen molar-refractivity contribution in [3.63, 3.8) is 0 Å². The highest BCUT2D eigenvalue weighted by molar-refractivity contribution is 5.90. The topological polar surface area (TPSA) is 296 Å². The van der Waals surface area contributed by atoms with E-state index in [1.54, 1.807) is 94.8 Å². The first-order valence-corrected chi connectivity index (χ1v) is 24.5. The molecular weight excluding hydrogens is 995 g/mol. The Bertz CT molecular complexity index is 3380. The van der Waals surface area contributed by atoms with Gasteiger partial charge in [-0.1, -0.05) is 36.4 Å². The maximum Gasteiger partial charge on any atom is 0.321 e. The standard InChI is InChI=1S/2C19H21N5O2.C18H19N5O3/c1-12-11-20-8-7-16(12)17-10-18(24-23-17)22-19(25)21-13(2)14-5-4-6-15(9-14)26-3;1-12-9-15(7-8-20-12)17-11-18(24-23-17)22-19(25)21-13(2)14-5-4-6-16(10-14)26-3;1-26-14-4-2-3-13(9-14)16(11-24)20-18(25)21-17-10-15(22-23-17)12-5-7-19-8-6-12/h2*4-11,13H,1-3H3,(H3,21,22,23,24,25);2-10,16,24H,11H2,1H3,(H3,20,21,22,23,25)/t2*13-;16-/m111/s1. The maximum atomic E-state index is 12.2. The number of amides is 6. The Labute approximate surface area is 450 Å². The quantitative estimate of drug-likeness (QED) is 0.0432. The fourth-order valence-corrected chi connectivity index (χ4v) is 7.70. The van der Waals surface area contributed by atoms with E-state index in [1.807, 2.05) is 107 Å². The van der Waals surface area contributed by atoms with Crippen molar-refractivity contribution >= 4 is 35.5 Å². The molecule has 6 heterocycles. The van der Waals surface area contributed by atoms with Gasteiger partial charge in [0, 0.05) is 71.6 Å². The molecular formula is C56H61N15O7. The lowest BCUT2D eigenvalue weighted by molar-refractivity contribution is 0.225. The smallest absolute Gasteiger partial charge is 0.321 e. The molecule has 0 fully saturated rings. The molecule has 0 unspecified atom stereocenters. The SMILES string of the molecule is COc1cccc([C@@H](C)NC(=O)Nc2cc(-c3ccnc(C)c3)[nH]n2)c1.COc1cccc([C@@H](C)NC(=O)Nc2cc(-c3ccncc3C)[nH]n2)c1.COc1cccc([C@@H](CO)NC(=O)Nc2cc(-c3ccncc3)[nH]n2)c1. The molecule has 0 saturated carbocycles. The number of nitrogens with zero attached hydrogens (tertiary/aromatic N) is 6. The number of aromatic nitrogens is 9. The second-order valence-electron chi connectivity index (χ2n) is 17.4. The van der Waals surface area contributed by atoms with Crippen LogP contribution in [0.15, 0.2) is 152 Å². The van der Waals surface area contributed by atoms with Gasteiger partial charge in [0.1, 0.15) is 17.2 Å². The number of rotatable bonds is 16. The van der Waals surface area contributed by atoms with Gasteiger partial charge in [-0.3, -0.25) is 46.2 Å². The molecule has 3 atom stereocenters. The van der Waals surface area contributed by atoms with Crippen LogP contribution in [0.4, 0.5) is 31.8 Å². The summed E-state index contributed by atoms with van der Waals surface area (Å²) in [7, 11) is 4.79. The highest BCUT2D eigenvalue weighted by Gasteiger charge is 2.17. The highest BCUT2D eigenvalue weighted by Crippen LogP contribution is 2.25. The number of nitrogens with one attached hydrogen (secondary N) is 9. The fourth-order valence-electron chi connectivity index (χ4n) is 7.70. The van der Waals surface area contributed by atoms with E-state index in [1.165, 1.54) is 0 Å². The molecule has 22 nitrogen and oxygen atoms in total. The van der Waals surface area contributed by atoms with Gasteiger partial charge in [0.25, 0.3) is 0 Å². The van der Waals surface area contributed by atoms with Crippen molar-refractivity contribution in [2.45, 2.75) is 45.8 Å². The summed E-state index contributed by atoms with van der Waals surface area (Å²) in [6, 6.07) is 35.0. The number of urea groups is 3. The van der Waals surface area contributed by atoms with Gasteiger partial charge < -0.3 is 35.3 Å². The molecule has 6 amide bonds. The van der Waals surface area contributed by atoms with Crippen LogP contribution < -0.4 is 46.1 Å². The third-order valence-electron chi connectivity index (χ3n) is 11.8. The molecule has 0 radical (unpaired) electrons. The van der Waals surface area contributed by atoms with Crippen molar-refractivity contribution in [3.05, 3.63) is 180 Å². The number of anilines is 3. The number of methoxy groups -OCH3 is 3. The fraction of sp³-hybridized carbons (Fsp3) is 0.196. The Balaban J connectivity index is 0.000000170. The third-order valence-corrected chi connectivity index (χ3v) is 11.8. The third kappa shape index (κ3) is 16.0. The summed E-state index contributed by atoms with van der Waals surface area (Å²) >= 11 is 0. The van der Waals surface area contributed by atoms with Gasteiger partial charge in [-0.2, -0.15) is 15.3 Å². The number of pyridine rings is 3. The largest absolute Gasteiger partial charge is 0.497 e. The van der Waals surface area contributed by atoms with Crippen LogP contribution in [-0.4, -0.2) is 96.7 Å². The Kier molecular flexibility index (Phi) is 19.6. The summed E-state index contributed by atoms with van der Waals surface area (Å²) < 4.78 is 15.6. The molecule has 0 saturated heterocycles. The van der Waals surface area contributed by atoms with Gasteiger partial charge >= 0.3 is 18.1 Å². The maximum absolute atomic E-state index is 12.2. The highest BCUT2D eigenvalue weighted by atomic mass is 16.5. The van der Waals surface area contributed by atoms with Crippen molar-refractivity contribution in [1.82, 2.24) is 61.5 Å². The van der Waals surface area contributed by atoms with Crippen LogP contribution >= 0.6 is 0 Å². The monoisotopic (exact) mass is 1060 g/mol. The number of H-pyrrole nitrogens is 3. The van der Waals surface area contributed by atoms with E-state index in [0.29, 0.717) is 23.2 Å². The van der Waals surface area contributed by atoms with Crippen molar-refractivity contribution in [2.75, 3.05) is 43.9 Å². The van der Waals surface area contributed by atoms with E-state index in [4.69, 9.17) is 14.2 Å². The minimum atomic E-state index is -0.566. The lowest BCUT2D eigenvalue weighted by Crippen LogP contribution is -2.34. The number of ether oxygens (including phenoxy) is 3. The summed E-state index contributed by atoms with van der Waals surface area (Å²) in [6.07, 6.45) is 8.59. The van der Waals surface area contributed by atoms with Crippen molar-refractivity contribution < 1.29 is 33.7 Å². The number of aliphatic hydroxyl groups excluding tert-OH is 1. The first kappa shape index (κ1) is 55.7. The van der Waals surface area contributed by atoms with E-state index in [2.05, 4.69) is 77.4 Å². The number of benzene rings is 3. The van der Waals surface area contributed by atoms with Crippen LogP contribution in [0.5, 0.6) is 17.2 Å². The molecule has 402 valence electrons. The number of carbonyl (C=O) groups excluding carboxylic acids is 3. The molecule has 0 aliphatic carbocycles. The summed E-state index contributed by atoms with van der Waals surface area (Å²) in [6.45, 7) is 7.46. The summed E-state index contributed by atoms with van der Waals surface area (Å²) in [4.78, 5) is 48.9. The molecule has 9 aromatic rings. The molecule has 3 aromatic carbocycles. The van der Waals surface area contributed by atoms with Crippen molar-refractivity contribution in [1.29, 1.82) is 0 Å². The minimum Gasteiger partial charge on any atom is -0.497 e. The Morgan fingerprint density at radius 3 is 1.47 bits per heavy atom. The second-order valence-corrected chi connectivity index (χ2v) is 17.4. The van der Waals surface area contributed by atoms with Crippen LogP contribution in [0.1, 0.15) is 59.9 Å². The Morgan fingerprint density at radius 2 is 0.974 bits per heavy atom. The van der Waals surface area contributed by atoms with Crippen LogP contribution in [0.2, 0.25) is 0 Å². The Hall–Kier alpha value is -10.1. The van der Waals surface area contributed by atoms with Gasteiger partial charge in [0.2, 0.25) is 0 Å². The molecule has 9 rings (SSSR count). The molecule has 0 spiro atoms. The average Bonchev–Trinajstić information content (AvgIpc) is 4.25. The second kappa shape index (κ2) is 27.4. The summed E-state index contributed by atoms with van der Waals surface area (Å²) in [5.74, 6) is 3.42. The first-order chi connectivity index (χ1) is 37.8. The number of aromatic amines is 3. The lowest BCUT2D eigenvalue weighted by atomic mass is 10.1. The van der Waals surface area contributed by atoms with Crippen LogP contribution in [0, 0.1) is 13.8 Å². The number of carbonyl (C=O) groups is 3. The molecule has 0 bridgehead atoms. The molecule has 0 aliphatic heterocycles.